The second-order valence-corrected chi connectivity index (χ2v) is 6.19. The maximum atomic E-state index is 5.61. The highest BCUT2D eigenvalue weighted by Gasteiger charge is 2.15. The molecule has 1 rings (SSSR count). The lowest BCUT2D eigenvalue weighted by atomic mass is 10.1. The SMILES string of the molecule is COCC(C)N(C)Cc1occc1CNC(C)(C)C. The number of ether oxygens (including phenoxy) is 1. The van der Waals surface area contributed by atoms with E-state index in [1.807, 2.05) is 6.07 Å². The van der Waals surface area contributed by atoms with Crippen molar-refractivity contribution in [3.05, 3.63) is 23.7 Å². The Bertz CT molecular complexity index is 368. The highest BCUT2D eigenvalue weighted by molar-refractivity contribution is 5.17. The third-order valence-corrected chi connectivity index (χ3v) is 3.20. The van der Waals surface area contributed by atoms with Crippen LogP contribution in [0.4, 0.5) is 0 Å². The van der Waals surface area contributed by atoms with Crippen LogP contribution >= 0.6 is 0 Å². The first-order valence-corrected chi connectivity index (χ1v) is 6.83. The highest BCUT2D eigenvalue weighted by atomic mass is 16.5. The average molecular weight is 268 g/mol. The molecule has 0 saturated carbocycles. The Morgan fingerprint density at radius 2 is 2.11 bits per heavy atom. The van der Waals surface area contributed by atoms with Crippen LogP contribution in [-0.2, 0) is 17.8 Å². The van der Waals surface area contributed by atoms with E-state index in [1.54, 1.807) is 13.4 Å². The summed E-state index contributed by atoms with van der Waals surface area (Å²) < 4.78 is 10.8. The van der Waals surface area contributed by atoms with Crippen LogP contribution in [-0.4, -0.2) is 37.2 Å². The molecule has 1 atom stereocenters. The molecule has 0 radical (unpaired) electrons. The van der Waals surface area contributed by atoms with Crippen molar-refractivity contribution < 1.29 is 9.15 Å². The third kappa shape index (κ3) is 5.76. The van der Waals surface area contributed by atoms with E-state index < -0.39 is 0 Å². The van der Waals surface area contributed by atoms with Crippen molar-refractivity contribution in [2.24, 2.45) is 0 Å². The van der Waals surface area contributed by atoms with Crippen molar-refractivity contribution in [3.8, 4) is 0 Å². The molecule has 0 saturated heterocycles. The topological polar surface area (TPSA) is 37.6 Å². The van der Waals surface area contributed by atoms with Gasteiger partial charge < -0.3 is 14.5 Å². The molecule has 0 aliphatic heterocycles. The maximum Gasteiger partial charge on any atom is 0.122 e. The van der Waals surface area contributed by atoms with E-state index in [2.05, 4.69) is 45.0 Å². The Morgan fingerprint density at radius 3 is 2.68 bits per heavy atom. The summed E-state index contributed by atoms with van der Waals surface area (Å²) in [4.78, 5) is 2.24. The van der Waals surface area contributed by atoms with E-state index in [-0.39, 0.29) is 5.54 Å². The quantitative estimate of drug-likeness (QED) is 0.825. The standard InChI is InChI=1S/C15H28N2O2/c1-12(11-18-6)17(5)10-14-13(7-8-19-14)9-16-15(2,3)4/h7-8,12,16H,9-11H2,1-6H3. The van der Waals surface area contributed by atoms with Gasteiger partial charge in [-0.3, -0.25) is 4.90 Å². The first-order chi connectivity index (χ1) is 8.83. The van der Waals surface area contributed by atoms with Crippen LogP contribution in [0.1, 0.15) is 39.0 Å². The zero-order chi connectivity index (χ0) is 14.5. The predicted molar refractivity (Wildman–Crippen MR) is 78.1 cm³/mol. The molecule has 0 amide bonds. The molecule has 1 aromatic rings. The van der Waals surface area contributed by atoms with Crippen LogP contribution in [0.2, 0.25) is 0 Å². The zero-order valence-corrected chi connectivity index (χ0v) is 13.1. The third-order valence-electron chi connectivity index (χ3n) is 3.20. The van der Waals surface area contributed by atoms with Crippen molar-refractivity contribution >= 4 is 0 Å². The smallest absolute Gasteiger partial charge is 0.122 e. The molecule has 0 fully saturated rings. The van der Waals surface area contributed by atoms with Gasteiger partial charge in [0.15, 0.2) is 0 Å². The molecule has 0 aromatic carbocycles. The highest BCUT2D eigenvalue weighted by Crippen LogP contribution is 2.15. The van der Waals surface area contributed by atoms with E-state index in [4.69, 9.17) is 9.15 Å². The van der Waals surface area contributed by atoms with Crippen LogP contribution in [0, 0.1) is 0 Å². The van der Waals surface area contributed by atoms with E-state index in [9.17, 15) is 0 Å². The monoisotopic (exact) mass is 268 g/mol. The second kappa shape index (κ2) is 7.08. The number of furan rings is 1. The van der Waals surface area contributed by atoms with Gasteiger partial charge in [0, 0.05) is 30.8 Å². The number of hydrogen-bond acceptors (Lipinski definition) is 4. The number of nitrogens with one attached hydrogen (secondary N) is 1. The first kappa shape index (κ1) is 16.2. The van der Waals surface area contributed by atoms with E-state index in [0.717, 1.165) is 25.5 Å². The summed E-state index contributed by atoms with van der Waals surface area (Å²) in [5, 5.41) is 3.49. The molecule has 4 heteroatoms. The summed E-state index contributed by atoms with van der Waals surface area (Å²) in [6.07, 6.45) is 1.77. The summed E-state index contributed by atoms with van der Waals surface area (Å²) in [5.74, 6) is 1.03. The Kier molecular flexibility index (Phi) is 6.04. The number of likely N-dealkylation sites (N-methyl/N-ethyl adjacent to an activating group) is 1. The van der Waals surface area contributed by atoms with E-state index >= 15 is 0 Å². The number of hydrogen-bond donors (Lipinski definition) is 1. The molecule has 0 aliphatic carbocycles. The predicted octanol–water partition coefficient (Wildman–Crippen LogP) is 2.63. The molecule has 0 spiro atoms. The molecule has 110 valence electrons. The molecule has 0 aliphatic rings. The lowest BCUT2D eigenvalue weighted by Crippen LogP contribution is -2.36. The van der Waals surface area contributed by atoms with Gasteiger partial charge in [-0.25, -0.2) is 0 Å². The molecule has 4 nitrogen and oxygen atoms in total. The van der Waals surface area contributed by atoms with Crippen LogP contribution in [0.15, 0.2) is 16.7 Å². The van der Waals surface area contributed by atoms with Gasteiger partial charge in [0.1, 0.15) is 5.76 Å². The molecular weight excluding hydrogens is 240 g/mol. The molecule has 1 heterocycles. The van der Waals surface area contributed by atoms with Gasteiger partial charge in [0.2, 0.25) is 0 Å². The maximum absolute atomic E-state index is 5.61. The van der Waals surface area contributed by atoms with Crippen molar-refractivity contribution in [2.45, 2.75) is 52.4 Å². The van der Waals surface area contributed by atoms with Gasteiger partial charge in [0.25, 0.3) is 0 Å². The summed E-state index contributed by atoms with van der Waals surface area (Å²) in [6.45, 7) is 11.0. The molecule has 19 heavy (non-hydrogen) atoms. The fourth-order valence-corrected chi connectivity index (χ4v) is 1.77. The largest absolute Gasteiger partial charge is 0.468 e. The fourth-order valence-electron chi connectivity index (χ4n) is 1.77. The van der Waals surface area contributed by atoms with Gasteiger partial charge in [0.05, 0.1) is 19.4 Å². The molecule has 1 aromatic heterocycles. The molecule has 1 unspecified atom stereocenters. The van der Waals surface area contributed by atoms with Crippen molar-refractivity contribution in [1.82, 2.24) is 10.2 Å². The lowest BCUT2D eigenvalue weighted by Gasteiger charge is -2.24. The van der Waals surface area contributed by atoms with Crippen LogP contribution in [0.5, 0.6) is 0 Å². The van der Waals surface area contributed by atoms with E-state index in [1.165, 1.54) is 5.56 Å². The summed E-state index contributed by atoms with van der Waals surface area (Å²) in [6, 6.07) is 2.42. The van der Waals surface area contributed by atoms with Crippen molar-refractivity contribution in [3.63, 3.8) is 0 Å². The molecular formula is C15H28N2O2. The first-order valence-electron chi connectivity index (χ1n) is 6.83. The summed E-state index contributed by atoms with van der Waals surface area (Å²) >= 11 is 0. The van der Waals surface area contributed by atoms with Gasteiger partial charge in [-0.05, 0) is 40.8 Å². The van der Waals surface area contributed by atoms with Gasteiger partial charge in [-0.15, -0.1) is 0 Å². The Labute approximate surface area is 117 Å². The Hall–Kier alpha value is -0.840. The van der Waals surface area contributed by atoms with Crippen LogP contribution in [0.3, 0.4) is 0 Å². The molecule has 0 bridgehead atoms. The number of nitrogens with zero attached hydrogens (tertiary/aromatic N) is 1. The van der Waals surface area contributed by atoms with Crippen molar-refractivity contribution in [2.75, 3.05) is 20.8 Å². The minimum Gasteiger partial charge on any atom is -0.468 e. The number of methoxy groups -OCH3 is 1. The fraction of sp³-hybridized carbons (Fsp3) is 0.733. The lowest BCUT2D eigenvalue weighted by molar-refractivity contribution is 0.107. The number of rotatable bonds is 7. The summed E-state index contributed by atoms with van der Waals surface area (Å²) in [7, 11) is 3.82. The van der Waals surface area contributed by atoms with Crippen LogP contribution < -0.4 is 5.32 Å². The Balaban J connectivity index is 2.57. The minimum absolute atomic E-state index is 0.115. The average Bonchev–Trinajstić information content (AvgIpc) is 2.73. The molecule has 1 N–H and O–H groups in total. The second-order valence-electron chi connectivity index (χ2n) is 6.19. The van der Waals surface area contributed by atoms with Gasteiger partial charge >= 0.3 is 0 Å². The van der Waals surface area contributed by atoms with Crippen molar-refractivity contribution in [1.29, 1.82) is 0 Å². The normalized spacial score (nSPS) is 14.1. The van der Waals surface area contributed by atoms with Gasteiger partial charge in [-0.2, -0.15) is 0 Å². The summed E-state index contributed by atoms with van der Waals surface area (Å²) in [5.41, 5.74) is 1.34. The van der Waals surface area contributed by atoms with Crippen LogP contribution in [0.25, 0.3) is 0 Å². The van der Waals surface area contributed by atoms with Gasteiger partial charge in [-0.1, -0.05) is 0 Å². The Morgan fingerprint density at radius 1 is 1.42 bits per heavy atom. The zero-order valence-electron chi connectivity index (χ0n) is 13.1. The minimum atomic E-state index is 0.115. The van der Waals surface area contributed by atoms with E-state index in [0.29, 0.717) is 6.04 Å².